The fourth-order valence-corrected chi connectivity index (χ4v) is 4.50. The molecule has 2 aliphatic heterocycles. The second kappa shape index (κ2) is 7.78. The van der Waals surface area contributed by atoms with Gasteiger partial charge in [0.2, 0.25) is 5.91 Å². The average molecular weight is 308 g/mol. The molecule has 126 valence electrons. The number of rotatable bonds is 5. The first-order chi connectivity index (χ1) is 10.8. The smallest absolute Gasteiger partial charge is 0.220 e. The third-order valence-electron chi connectivity index (χ3n) is 5.67. The molecule has 1 amide bonds. The van der Waals surface area contributed by atoms with Gasteiger partial charge in [-0.3, -0.25) is 4.79 Å². The van der Waals surface area contributed by atoms with E-state index in [2.05, 4.69) is 10.2 Å². The van der Waals surface area contributed by atoms with Crippen molar-refractivity contribution < 1.29 is 9.53 Å². The molecule has 4 nitrogen and oxygen atoms in total. The van der Waals surface area contributed by atoms with Gasteiger partial charge >= 0.3 is 0 Å². The quantitative estimate of drug-likeness (QED) is 0.849. The number of ether oxygens (including phenoxy) is 1. The number of nitrogens with zero attached hydrogens (tertiary/aromatic N) is 1. The zero-order valence-corrected chi connectivity index (χ0v) is 13.9. The first-order valence-electron chi connectivity index (χ1n) is 9.37. The van der Waals surface area contributed by atoms with Crippen LogP contribution in [-0.4, -0.2) is 49.2 Å². The number of carbonyl (C=O) groups is 1. The summed E-state index contributed by atoms with van der Waals surface area (Å²) in [4.78, 5) is 15.1. The molecule has 3 fully saturated rings. The van der Waals surface area contributed by atoms with Gasteiger partial charge < -0.3 is 15.0 Å². The molecular formula is C18H32N2O2. The lowest BCUT2D eigenvalue weighted by molar-refractivity contribution is -0.125. The fraction of sp³-hybridized carbons (Fsp3) is 0.944. The minimum atomic E-state index is 0.0508. The third-order valence-corrected chi connectivity index (χ3v) is 5.67. The highest BCUT2D eigenvalue weighted by Gasteiger charge is 2.36. The molecule has 3 aliphatic rings. The molecule has 0 spiro atoms. The number of hydrogen-bond acceptors (Lipinski definition) is 3. The van der Waals surface area contributed by atoms with E-state index in [0.717, 1.165) is 45.4 Å². The number of likely N-dealkylation sites (tertiary alicyclic amines) is 1. The summed E-state index contributed by atoms with van der Waals surface area (Å²) >= 11 is 0. The number of nitrogens with one attached hydrogen (secondary N) is 1. The molecule has 0 radical (unpaired) electrons. The average Bonchev–Trinajstić information content (AvgIpc) is 3.01. The monoisotopic (exact) mass is 308 g/mol. The number of carbonyl (C=O) groups excluding carboxylic acids is 1. The lowest BCUT2D eigenvalue weighted by Gasteiger charge is -2.41. The van der Waals surface area contributed by atoms with Gasteiger partial charge in [0.25, 0.3) is 0 Å². The minimum absolute atomic E-state index is 0.0508. The van der Waals surface area contributed by atoms with Crippen LogP contribution in [0.1, 0.15) is 64.2 Å². The highest BCUT2D eigenvalue weighted by atomic mass is 16.5. The topological polar surface area (TPSA) is 41.6 Å². The Balaban J connectivity index is 1.55. The van der Waals surface area contributed by atoms with Crippen molar-refractivity contribution >= 4 is 5.91 Å². The lowest BCUT2D eigenvalue weighted by Crippen LogP contribution is -2.56. The van der Waals surface area contributed by atoms with Crippen molar-refractivity contribution in [2.24, 2.45) is 5.92 Å². The van der Waals surface area contributed by atoms with Crippen molar-refractivity contribution in [3.8, 4) is 0 Å². The zero-order valence-electron chi connectivity index (χ0n) is 13.9. The summed E-state index contributed by atoms with van der Waals surface area (Å²) in [6.07, 6.45) is 11.7. The molecule has 22 heavy (non-hydrogen) atoms. The molecule has 1 saturated carbocycles. The van der Waals surface area contributed by atoms with Crippen molar-refractivity contribution in [2.75, 3.05) is 32.8 Å². The van der Waals surface area contributed by atoms with E-state index in [0.29, 0.717) is 12.3 Å². The maximum absolute atomic E-state index is 12.6. The minimum Gasteiger partial charge on any atom is -0.381 e. The number of amides is 1. The molecule has 0 unspecified atom stereocenters. The highest BCUT2D eigenvalue weighted by molar-refractivity contribution is 5.77. The summed E-state index contributed by atoms with van der Waals surface area (Å²) in [5.41, 5.74) is 0.0508. The van der Waals surface area contributed by atoms with Gasteiger partial charge in [-0.15, -0.1) is 0 Å². The molecule has 1 atom stereocenters. The predicted molar refractivity (Wildman–Crippen MR) is 87.8 cm³/mol. The van der Waals surface area contributed by atoms with E-state index in [4.69, 9.17) is 4.74 Å². The Bertz CT molecular complexity index is 354. The summed E-state index contributed by atoms with van der Waals surface area (Å²) in [5, 5.41) is 3.47. The molecule has 0 bridgehead atoms. The van der Waals surface area contributed by atoms with Gasteiger partial charge in [-0.1, -0.05) is 19.3 Å². The fourth-order valence-electron chi connectivity index (χ4n) is 4.50. The predicted octanol–water partition coefficient (Wildman–Crippen LogP) is 2.72. The van der Waals surface area contributed by atoms with Gasteiger partial charge in [-0.25, -0.2) is 0 Å². The van der Waals surface area contributed by atoms with E-state index in [-0.39, 0.29) is 11.4 Å². The van der Waals surface area contributed by atoms with E-state index < -0.39 is 0 Å². The van der Waals surface area contributed by atoms with Crippen molar-refractivity contribution in [1.29, 1.82) is 0 Å². The van der Waals surface area contributed by atoms with Crippen LogP contribution in [0.15, 0.2) is 0 Å². The van der Waals surface area contributed by atoms with Crippen LogP contribution in [-0.2, 0) is 9.53 Å². The van der Waals surface area contributed by atoms with Crippen LogP contribution >= 0.6 is 0 Å². The lowest BCUT2D eigenvalue weighted by atomic mass is 9.80. The van der Waals surface area contributed by atoms with Gasteiger partial charge in [0, 0.05) is 26.2 Å². The molecular weight excluding hydrogens is 276 g/mol. The van der Waals surface area contributed by atoms with Crippen molar-refractivity contribution in [1.82, 2.24) is 10.2 Å². The maximum atomic E-state index is 12.6. The van der Waals surface area contributed by atoms with Crippen LogP contribution in [0.2, 0.25) is 0 Å². The Morgan fingerprint density at radius 3 is 2.55 bits per heavy atom. The Morgan fingerprint density at radius 1 is 1.09 bits per heavy atom. The Kier molecular flexibility index (Phi) is 5.75. The third kappa shape index (κ3) is 4.45. The van der Waals surface area contributed by atoms with Gasteiger partial charge in [0.15, 0.2) is 0 Å². The van der Waals surface area contributed by atoms with Crippen LogP contribution in [0.4, 0.5) is 0 Å². The summed E-state index contributed by atoms with van der Waals surface area (Å²) < 4.78 is 5.52. The zero-order chi connectivity index (χ0) is 15.3. The summed E-state index contributed by atoms with van der Waals surface area (Å²) in [6.45, 7) is 5.14. The summed E-state index contributed by atoms with van der Waals surface area (Å²) in [6, 6.07) is 0. The van der Waals surface area contributed by atoms with Gasteiger partial charge in [-0.2, -0.15) is 0 Å². The van der Waals surface area contributed by atoms with Crippen molar-refractivity contribution in [3.05, 3.63) is 0 Å². The molecule has 1 N–H and O–H groups in total. The second-order valence-electron chi connectivity index (χ2n) is 7.66. The molecule has 3 rings (SSSR count). The maximum Gasteiger partial charge on any atom is 0.220 e. The van der Waals surface area contributed by atoms with Crippen molar-refractivity contribution in [3.63, 3.8) is 0 Å². The Morgan fingerprint density at radius 2 is 1.86 bits per heavy atom. The second-order valence-corrected chi connectivity index (χ2v) is 7.66. The van der Waals surface area contributed by atoms with Crippen LogP contribution in [0, 0.1) is 5.92 Å². The molecule has 1 aliphatic carbocycles. The molecule has 4 heteroatoms. The summed E-state index contributed by atoms with van der Waals surface area (Å²) in [5.74, 6) is 0.692. The van der Waals surface area contributed by atoms with Gasteiger partial charge in [-0.05, 0) is 57.5 Å². The Hall–Kier alpha value is -0.610. The standard InChI is InChI=1S/C18H32N2O2/c21-17(13-16-7-6-12-22-14-16)19-18(8-2-1-3-9-18)15-20-10-4-5-11-20/h16H,1-15H2,(H,19,21)/t16-/m0/s1. The van der Waals surface area contributed by atoms with Crippen LogP contribution < -0.4 is 5.32 Å². The van der Waals surface area contributed by atoms with Crippen LogP contribution in [0.3, 0.4) is 0 Å². The summed E-state index contributed by atoms with van der Waals surface area (Å²) in [7, 11) is 0. The first kappa shape index (κ1) is 16.3. The molecule has 0 aromatic heterocycles. The Labute approximate surface area is 135 Å². The van der Waals surface area contributed by atoms with Gasteiger partial charge in [0.1, 0.15) is 0 Å². The van der Waals surface area contributed by atoms with E-state index in [1.807, 2.05) is 0 Å². The van der Waals surface area contributed by atoms with Crippen LogP contribution in [0.25, 0.3) is 0 Å². The van der Waals surface area contributed by atoms with E-state index in [1.54, 1.807) is 0 Å². The molecule has 2 heterocycles. The van der Waals surface area contributed by atoms with E-state index in [1.165, 1.54) is 45.2 Å². The van der Waals surface area contributed by atoms with Crippen molar-refractivity contribution in [2.45, 2.75) is 69.7 Å². The highest BCUT2D eigenvalue weighted by Crippen LogP contribution is 2.30. The molecule has 2 saturated heterocycles. The SMILES string of the molecule is O=C(C[C@@H]1CCCOC1)NC1(CN2CCCC2)CCCCC1. The normalized spacial score (nSPS) is 29.4. The van der Waals surface area contributed by atoms with E-state index >= 15 is 0 Å². The molecule has 0 aromatic rings. The van der Waals surface area contributed by atoms with Gasteiger partial charge in [0.05, 0.1) is 5.54 Å². The number of hydrogen-bond donors (Lipinski definition) is 1. The van der Waals surface area contributed by atoms with E-state index in [9.17, 15) is 4.79 Å². The van der Waals surface area contributed by atoms with Crippen LogP contribution in [0.5, 0.6) is 0 Å². The largest absolute Gasteiger partial charge is 0.381 e. The molecule has 0 aromatic carbocycles. The first-order valence-corrected chi connectivity index (χ1v) is 9.37.